The van der Waals surface area contributed by atoms with Crippen molar-refractivity contribution in [3.63, 3.8) is 0 Å². The fourth-order valence-electron chi connectivity index (χ4n) is 3.33. The van der Waals surface area contributed by atoms with Crippen molar-refractivity contribution in [3.05, 3.63) is 72.1 Å². The van der Waals surface area contributed by atoms with E-state index in [-0.39, 0.29) is 5.78 Å². The van der Waals surface area contributed by atoms with Crippen LogP contribution in [0.5, 0.6) is 0 Å². The number of Topliss-reactive ketones (excluding diaryl/α,β-unsaturated/α-hetero) is 1. The number of anilines is 1. The standard InChI is InChI=1S/C21H20N2O/c24-21(14-19-13-17-5-1-2-6-18(17)15-22-19)16-7-9-20(10-8-16)23-11-3-4-12-23/h1-2,5-10,13,15H,3-4,11-12,14H2. The van der Waals surface area contributed by atoms with Gasteiger partial charge in [0.25, 0.3) is 0 Å². The minimum atomic E-state index is 0.116. The summed E-state index contributed by atoms with van der Waals surface area (Å²) >= 11 is 0. The molecule has 3 aromatic rings. The number of hydrogen-bond donors (Lipinski definition) is 0. The zero-order valence-corrected chi connectivity index (χ0v) is 13.6. The fourth-order valence-corrected chi connectivity index (χ4v) is 3.33. The normalized spacial score (nSPS) is 14.2. The summed E-state index contributed by atoms with van der Waals surface area (Å²) in [6.45, 7) is 2.24. The van der Waals surface area contributed by atoms with Crippen LogP contribution in [0.4, 0.5) is 5.69 Å². The second-order valence-corrected chi connectivity index (χ2v) is 6.36. The van der Waals surface area contributed by atoms with Crippen LogP contribution in [0.25, 0.3) is 10.8 Å². The number of fused-ring (bicyclic) bond motifs is 1. The Bertz CT molecular complexity index is 864. The second kappa shape index (κ2) is 6.44. The fraction of sp³-hybridized carbons (Fsp3) is 0.238. The summed E-state index contributed by atoms with van der Waals surface area (Å²) in [5.74, 6) is 0.116. The maximum atomic E-state index is 12.5. The number of carbonyl (C=O) groups excluding carboxylic acids is 1. The Labute approximate surface area is 141 Å². The van der Waals surface area contributed by atoms with Crippen molar-refractivity contribution >= 4 is 22.2 Å². The van der Waals surface area contributed by atoms with Gasteiger partial charge in [-0.15, -0.1) is 0 Å². The third kappa shape index (κ3) is 3.02. The highest BCUT2D eigenvalue weighted by molar-refractivity contribution is 5.98. The first-order valence-electron chi connectivity index (χ1n) is 8.51. The maximum Gasteiger partial charge on any atom is 0.168 e. The molecule has 0 unspecified atom stereocenters. The number of aromatic nitrogens is 1. The van der Waals surface area contributed by atoms with E-state index in [4.69, 9.17) is 0 Å². The Morgan fingerprint density at radius 3 is 2.42 bits per heavy atom. The number of hydrogen-bond acceptors (Lipinski definition) is 3. The van der Waals surface area contributed by atoms with Gasteiger partial charge in [0.2, 0.25) is 0 Å². The summed E-state index contributed by atoms with van der Waals surface area (Å²) in [4.78, 5) is 19.3. The highest BCUT2D eigenvalue weighted by Crippen LogP contribution is 2.21. The van der Waals surface area contributed by atoms with Crippen molar-refractivity contribution in [1.82, 2.24) is 4.98 Å². The molecule has 1 aliphatic heterocycles. The van der Waals surface area contributed by atoms with E-state index in [1.165, 1.54) is 18.5 Å². The van der Waals surface area contributed by atoms with Crippen LogP contribution in [-0.2, 0) is 6.42 Å². The van der Waals surface area contributed by atoms with E-state index >= 15 is 0 Å². The minimum Gasteiger partial charge on any atom is -0.372 e. The smallest absolute Gasteiger partial charge is 0.168 e. The molecule has 4 rings (SSSR count). The van der Waals surface area contributed by atoms with Gasteiger partial charge in [0.1, 0.15) is 0 Å². The van der Waals surface area contributed by atoms with Crippen LogP contribution in [0.2, 0.25) is 0 Å². The molecule has 2 aromatic carbocycles. The van der Waals surface area contributed by atoms with Crippen LogP contribution in [0.3, 0.4) is 0 Å². The summed E-state index contributed by atoms with van der Waals surface area (Å²) in [5.41, 5.74) is 2.79. The van der Waals surface area contributed by atoms with Crippen molar-refractivity contribution in [2.24, 2.45) is 0 Å². The molecule has 0 atom stereocenters. The Morgan fingerprint density at radius 2 is 1.67 bits per heavy atom. The molecule has 1 fully saturated rings. The molecule has 0 amide bonds. The molecule has 0 spiro atoms. The van der Waals surface area contributed by atoms with Crippen LogP contribution in [0.1, 0.15) is 28.9 Å². The Balaban J connectivity index is 1.50. The number of pyridine rings is 1. The van der Waals surface area contributed by atoms with Gasteiger partial charge in [0.15, 0.2) is 5.78 Å². The Kier molecular flexibility index (Phi) is 3.99. The van der Waals surface area contributed by atoms with E-state index in [2.05, 4.69) is 28.1 Å². The SMILES string of the molecule is O=C(Cc1cc2ccccc2cn1)c1ccc(N2CCCC2)cc1. The highest BCUT2D eigenvalue weighted by Gasteiger charge is 2.13. The zero-order valence-electron chi connectivity index (χ0n) is 13.6. The van der Waals surface area contributed by atoms with Gasteiger partial charge in [0, 0.05) is 41.6 Å². The van der Waals surface area contributed by atoms with Crippen molar-refractivity contribution in [2.45, 2.75) is 19.3 Å². The van der Waals surface area contributed by atoms with Gasteiger partial charge >= 0.3 is 0 Å². The Hall–Kier alpha value is -2.68. The summed E-state index contributed by atoms with van der Waals surface area (Å²) < 4.78 is 0. The number of benzene rings is 2. The molecule has 120 valence electrons. The van der Waals surface area contributed by atoms with Crippen LogP contribution in [0.15, 0.2) is 60.8 Å². The third-order valence-corrected chi connectivity index (χ3v) is 4.69. The van der Waals surface area contributed by atoms with Gasteiger partial charge < -0.3 is 4.90 Å². The first-order valence-corrected chi connectivity index (χ1v) is 8.51. The quantitative estimate of drug-likeness (QED) is 0.674. The lowest BCUT2D eigenvalue weighted by Gasteiger charge is -2.17. The van der Waals surface area contributed by atoms with E-state index in [1.54, 1.807) is 0 Å². The van der Waals surface area contributed by atoms with E-state index in [1.807, 2.05) is 42.6 Å². The Morgan fingerprint density at radius 1 is 0.958 bits per heavy atom. The van der Waals surface area contributed by atoms with Gasteiger partial charge in [-0.3, -0.25) is 9.78 Å². The van der Waals surface area contributed by atoms with Crippen LogP contribution < -0.4 is 4.90 Å². The molecule has 24 heavy (non-hydrogen) atoms. The summed E-state index contributed by atoms with van der Waals surface area (Å²) in [5, 5.41) is 2.23. The number of carbonyl (C=O) groups is 1. The van der Waals surface area contributed by atoms with Crippen LogP contribution >= 0.6 is 0 Å². The molecule has 0 N–H and O–H groups in total. The predicted octanol–water partition coefficient (Wildman–Crippen LogP) is 4.26. The average Bonchev–Trinajstić information content (AvgIpc) is 3.16. The molecule has 3 heteroatoms. The van der Waals surface area contributed by atoms with Crippen molar-refractivity contribution in [2.75, 3.05) is 18.0 Å². The molecule has 1 aromatic heterocycles. The summed E-state index contributed by atoms with van der Waals surface area (Å²) in [6, 6.07) is 18.1. The number of nitrogens with zero attached hydrogens (tertiary/aromatic N) is 2. The van der Waals surface area contributed by atoms with E-state index in [0.29, 0.717) is 6.42 Å². The summed E-state index contributed by atoms with van der Waals surface area (Å²) in [6.07, 6.45) is 4.70. The van der Waals surface area contributed by atoms with Gasteiger partial charge in [-0.05, 0) is 48.6 Å². The molecule has 1 saturated heterocycles. The van der Waals surface area contributed by atoms with Crippen molar-refractivity contribution in [3.8, 4) is 0 Å². The third-order valence-electron chi connectivity index (χ3n) is 4.69. The minimum absolute atomic E-state index is 0.116. The van der Waals surface area contributed by atoms with Crippen molar-refractivity contribution < 1.29 is 4.79 Å². The summed E-state index contributed by atoms with van der Waals surface area (Å²) in [7, 11) is 0. The monoisotopic (exact) mass is 316 g/mol. The van der Waals surface area contributed by atoms with Crippen molar-refractivity contribution in [1.29, 1.82) is 0 Å². The molecule has 1 aliphatic rings. The predicted molar refractivity (Wildman–Crippen MR) is 97.7 cm³/mol. The van der Waals surface area contributed by atoms with E-state index in [9.17, 15) is 4.79 Å². The molecule has 0 aliphatic carbocycles. The van der Waals surface area contributed by atoms with Gasteiger partial charge in [-0.25, -0.2) is 0 Å². The van der Waals surface area contributed by atoms with Gasteiger partial charge in [-0.2, -0.15) is 0 Å². The topological polar surface area (TPSA) is 33.2 Å². The molecular formula is C21H20N2O. The van der Waals surface area contributed by atoms with E-state index in [0.717, 1.165) is 35.1 Å². The van der Waals surface area contributed by atoms with Crippen LogP contribution in [-0.4, -0.2) is 23.9 Å². The first-order chi connectivity index (χ1) is 11.8. The largest absolute Gasteiger partial charge is 0.372 e. The van der Waals surface area contributed by atoms with Gasteiger partial charge in [-0.1, -0.05) is 24.3 Å². The maximum absolute atomic E-state index is 12.5. The highest BCUT2D eigenvalue weighted by atomic mass is 16.1. The van der Waals surface area contributed by atoms with Crippen LogP contribution in [0, 0.1) is 0 Å². The molecule has 3 nitrogen and oxygen atoms in total. The molecule has 0 bridgehead atoms. The molecular weight excluding hydrogens is 296 g/mol. The van der Waals surface area contributed by atoms with Gasteiger partial charge in [0.05, 0.1) is 6.42 Å². The zero-order chi connectivity index (χ0) is 16.4. The molecule has 0 radical (unpaired) electrons. The first kappa shape index (κ1) is 14.9. The number of ketones is 1. The van der Waals surface area contributed by atoms with E-state index < -0.39 is 0 Å². The average molecular weight is 316 g/mol. The lowest BCUT2D eigenvalue weighted by molar-refractivity contribution is 0.0992. The number of rotatable bonds is 4. The molecule has 2 heterocycles. The second-order valence-electron chi connectivity index (χ2n) is 6.36. The lowest BCUT2D eigenvalue weighted by Crippen LogP contribution is -2.17. The lowest BCUT2D eigenvalue weighted by atomic mass is 10.0. The molecule has 0 saturated carbocycles.